The van der Waals surface area contributed by atoms with Crippen LogP contribution in [0.1, 0.15) is 22.2 Å². The minimum atomic E-state index is -0.144. The zero-order valence-electron chi connectivity index (χ0n) is 20.7. The van der Waals surface area contributed by atoms with Gasteiger partial charge in [0.2, 0.25) is 0 Å². The lowest BCUT2D eigenvalue weighted by molar-refractivity contribution is 0.103. The highest BCUT2D eigenvalue weighted by Gasteiger charge is 2.25. The van der Waals surface area contributed by atoms with Gasteiger partial charge in [-0.1, -0.05) is 0 Å². The predicted molar refractivity (Wildman–Crippen MR) is 145 cm³/mol. The summed E-state index contributed by atoms with van der Waals surface area (Å²) in [6.45, 7) is 7.96. The monoisotopic (exact) mass is 503 g/mol. The Morgan fingerprint density at radius 3 is 2.31 bits per heavy atom. The number of nitrogens with one attached hydrogen (secondary N) is 1. The van der Waals surface area contributed by atoms with Crippen LogP contribution in [0, 0.1) is 6.92 Å². The van der Waals surface area contributed by atoms with Crippen LogP contribution in [0.4, 0.5) is 17.2 Å². The van der Waals surface area contributed by atoms with Crippen molar-refractivity contribution in [2.75, 3.05) is 55.0 Å². The normalized spacial score (nSPS) is 13.6. The van der Waals surface area contributed by atoms with Crippen LogP contribution in [-0.2, 0) is 0 Å². The molecule has 186 valence electrons. The molecule has 0 atom stereocenters. The average molecular weight is 504 g/mol. The second-order valence-corrected chi connectivity index (χ2v) is 9.52. The second-order valence-electron chi connectivity index (χ2n) is 8.52. The molecule has 0 spiro atoms. The maximum absolute atomic E-state index is 13.1. The Labute approximate surface area is 214 Å². The molecule has 5 rings (SSSR count). The van der Waals surface area contributed by atoms with E-state index in [-0.39, 0.29) is 5.91 Å². The van der Waals surface area contributed by atoms with Gasteiger partial charge in [0, 0.05) is 37.6 Å². The number of rotatable bonds is 7. The molecule has 1 amide bonds. The predicted octanol–water partition coefficient (Wildman–Crippen LogP) is 4.99. The van der Waals surface area contributed by atoms with E-state index in [1.807, 2.05) is 50.2 Å². The van der Waals surface area contributed by atoms with Crippen LogP contribution in [-0.4, -0.2) is 55.8 Å². The minimum absolute atomic E-state index is 0.144. The fourth-order valence-corrected chi connectivity index (χ4v) is 5.51. The summed E-state index contributed by atoms with van der Waals surface area (Å²) in [4.78, 5) is 28.4. The Morgan fingerprint density at radius 1 is 0.972 bits per heavy atom. The Kier molecular flexibility index (Phi) is 6.90. The molecule has 3 heterocycles. The average Bonchev–Trinajstić information content (AvgIpc) is 3.27. The molecular formula is C27H29N5O3S. The number of carbonyl (C=O) groups excluding carboxylic acids is 1. The molecule has 1 fully saturated rings. The summed E-state index contributed by atoms with van der Waals surface area (Å²) in [5.41, 5.74) is 2.82. The fraction of sp³-hybridized carbons (Fsp3) is 0.296. The van der Waals surface area contributed by atoms with E-state index >= 15 is 0 Å². The Hall–Kier alpha value is -3.85. The summed E-state index contributed by atoms with van der Waals surface area (Å²) in [7, 11) is 1.68. The topological polar surface area (TPSA) is 79.8 Å². The zero-order chi connectivity index (χ0) is 25.1. The minimum Gasteiger partial charge on any atom is -0.497 e. The third kappa shape index (κ3) is 4.79. The molecule has 0 saturated carbocycles. The van der Waals surface area contributed by atoms with Gasteiger partial charge in [-0.2, -0.15) is 0 Å². The van der Waals surface area contributed by atoms with E-state index < -0.39 is 0 Å². The number of fused-ring (bicyclic) bond motifs is 1. The first-order chi connectivity index (χ1) is 17.6. The molecule has 8 nitrogen and oxygen atoms in total. The standard InChI is InChI=1S/C27H29N5O3S/c1-4-35-22-9-5-19(6-10-22)30-26(33)24-18(2)23-25(28-17-29-27(23)36-24)32-15-13-31(14-16-32)20-7-11-21(34-3)12-8-20/h5-12,17H,4,13-16H2,1-3H3,(H,30,33). The summed E-state index contributed by atoms with van der Waals surface area (Å²) in [5, 5.41) is 3.95. The van der Waals surface area contributed by atoms with Crippen molar-refractivity contribution in [3.8, 4) is 11.5 Å². The number of aromatic nitrogens is 2. The van der Waals surface area contributed by atoms with Crippen molar-refractivity contribution < 1.29 is 14.3 Å². The molecule has 0 unspecified atom stereocenters. The number of piperazine rings is 1. The van der Waals surface area contributed by atoms with Gasteiger partial charge < -0.3 is 24.6 Å². The summed E-state index contributed by atoms with van der Waals surface area (Å²) in [6.07, 6.45) is 1.59. The highest BCUT2D eigenvalue weighted by Crippen LogP contribution is 2.36. The lowest BCUT2D eigenvalue weighted by Crippen LogP contribution is -2.46. The van der Waals surface area contributed by atoms with Gasteiger partial charge in [-0.25, -0.2) is 9.97 Å². The van der Waals surface area contributed by atoms with Crippen LogP contribution in [0.15, 0.2) is 54.9 Å². The van der Waals surface area contributed by atoms with Gasteiger partial charge in [0.15, 0.2) is 0 Å². The van der Waals surface area contributed by atoms with E-state index in [0.29, 0.717) is 11.5 Å². The van der Waals surface area contributed by atoms with Crippen LogP contribution in [0.5, 0.6) is 11.5 Å². The Balaban J connectivity index is 1.32. The van der Waals surface area contributed by atoms with E-state index in [1.165, 1.54) is 17.0 Å². The van der Waals surface area contributed by atoms with E-state index in [2.05, 4.69) is 37.2 Å². The zero-order valence-corrected chi connectivity index (χ0v) is 21.5. The highest BCUT2D eigenvalue weighted by molar-refractivity contribution is 7.20. The molecule has 0 bridgehead atoms. The van der Waals surface area contributed by atoms with Gasteiger partial charge in [0.25, 0.3) is 5.91 Å². The molecule has 4 aromatic rings. The molecule has 1 N–H and O–H groups in total. The van der Waals surface area contributed by atoms with Gasteiger partial charge in [-0.3, -0.25) is 4.79 Å². The highest BCUT2D eigenvalue weighted by atomic mass is 32.1. The van der Waals surface area contributed by atoms with Crippen molar-refractivity contribution in [1.82, 2.24) is 9.97 Å². The third-order valence-corrected chi connectivity index (χ3v) is 7.55. The van der Waals surface area contributed by atoms with Gasteiger partial charge in [-0.05, 0) is 67.9 Å². The number of amides is 1. The number of benzene rings is 2. The number of carbonyl (C=O) groups is 1. The maximum Gasteiger partial charge on any atom is 0.266 e. The third-order valence-electron chi connectivity index (χ3n) is 6.35. The number of aryl methyl sites for hydroxylation is 1. The van der Waals surface area contributed by atoms with Crippen LogP contribution >= 0.6 is 11.3 Å². The van der Waals surface area contributed by atoms with E-state index in [1.54, 1.807) is 13.4 Å². The number of thiophene rings is 1. The molecule has 9 heteroatoms. The first-order valence-corrected chi connectivity index (χ1v) is 12.8. The molecule has 1 aliphatic heterocycles. The molecule has 0 radical (unpaired) electrons. The Morgan fingerprint density at radius 2 is 1.64 bits per heavy atom. The van der Waals surface area contributed by atoms with Crippen molar-refractivity contribution in [2.24, 2.45) is 0 Å². The smallest absolute Gasteiger partial charge is 0.266 e. The number of ether oxygens (including phenoxy) is 2. The van der Waals surface area contributed by atoms with Gasteiger partial charge in [0.05, 0.1) is 24.0 Å². The molecule has 2 aromatic carbocycles. The van der Waals surface area contributed by atoms with Gasteiger partial charge in [-0.15, -0.1) is 11.3 Å². The SMILES string of the molecule is CCOc1ccc(NC(=O)c2sc3ncnc(N4CCN(c5ccc(OC)cc5)CC4)c3c2C)cc1. The quantitative estimate of drug-likeness (QED) is 0.381. The summed E-state index contributed by atoms with van der Waals surface area (Å²) in [5.74, 6) is 2.38. The first kappa shape index (κ1) is 23.9. The maximum atomic E-state index is 13.1. The number of anilines is 3. The van der Waals surface area contributed by atoms with Crippen molar-refractivity contribution in [2.45, 2.75) is 13.8 Å². The molecular weight excluding hydrogens is 474 g/mol. The molecule has 1 aliphatic rings. The van der Waals surface area contributed by atoms with Crippen molar-refractivity contribution >= 4 is 44.7 Å². The van der Waals surface area contributed by atoms with Crippen molar-refractivity contribution in [3.63, 3.8) is 0 Å². The molecule has 2 aromatic heterocycles. The van der Waals surface area contributed by atoms with Gasteiger partial charge in [0.1, 0.15) is 28.5 Å². The molecule has 0 aliphatic carbocycles. The van der Waals surface area contributed by atoms with E-state index in [9.17, 15) is 4.79 Å². The van der Waals surface area contributed by atoms with Crippen molar-refractivity contribution in [3.05, 3.63) is 65.3 Å². The van der Waals surface area contributed by atoms with Crippen LogP contribution < -0.4 is 24.6 Å². The first-order valence-electron chi connectivity index (χ1n) is 12.0. The van der Waals surface area contributed by atoms with E-state index in [4.69, 9.17) is 9.47 Å². The lowest BCUT2D eigenvalue weighted by Gasteiger charge is -2.37. The Bertz CT molecular complexity index is 1350. The fourth-order valence-electron chi connectivity index (χ4n) is 4.47. The number of hydrogen-bond acceptors (Lipinski definition) is 8. The van der Waals surface area contributed by atoms with Crippen LogP contribution in [0.3, 0.4) is 0 Å². The van der Waals surface area contributed by atoms with Crippen LogP contribution in [0.2, 0.25) is 0 Å². The largest absolute Gasteiger partial charge is 0.497 e. The summed E-state index contributed by atoms with van der Waals surface area (Å²) >= 11 is 1.40. The number of nitrogens with zero attached hydrogens (tertiary/aromatic N) is 4. The van der Waals surface area contributed by atoms with E-state index in [0.717, 1.165) is 65.0 Å². The number of methoxy groups -OCH3 is 1. The summed E-state index contributed by atoms with van der Waals surface area (Å²) in [6, 6.07) is 15.6. The molecule has 1 saturated heterocycles. The van der Waals surface area contributed by atoms with Gasteiger partial charge >= 0.3 is 0 Å². The lowest BCUT2D eigenvalue weighted by atomic mass is 10.1. The van der Waals surface area contributed by atoms with Crippen LogP contribution in [0.25, 0.3) is 10.2 Å². The molecule has 36 heavy (non-hydrogen) atoms. The second kappa shape index (κ2) is 10.4. The number of hydrogen-bond donors (Lipinski definition) is 1. The summed E-state index contributed by atoms with van der Waals surface area (Å²) < 4.78 is 10.8. The van der Waals surface area contributed by atoms with Crippen molar-refractivity contribution in [1.29, 1.82) is 0 Å².